The first-order valence-electron chi connectivity index (χ1n) is 5.50. The van der Waals surface area contributed by atoms with Gasteiger partial charge in [-0.15, -0.1) is 11.6 Å². The quantitative estimate of drug-likeness (QED) is 0.826. The van der Waals surface area contributed by atoms with E-state index in [1.165, 1.54) is 0 Å². The lowest BCUT2D eigenvalue weighted by Gasteiger charge is -2.18. The van der Waals surface area contributed by atoms with Crippen LogP contribution in [-0.4, -0.2) is 16.4 Å². The van der Waals surface area contributed by atoms with Crippen LogP contribution in [0.1, 0.15) is 36.3 Å². The van der Waals surface area contributed by atoms with Gasteiger partial charge in [-0.05, 0) is 17.0 Å². The Balaban J connectivity index is 3.08. The Hall–Kier alpha value is -0.540. The van der Waals surface area contributed by atoms with Gasteiger partial charge in [-0.3, -0.25) is 4.79 Å². The van der Waals surface area contributed by atoms with E-state index in [-0.39, 0.29) is 11.3 Å². The average molecular weight is 320 g/mol. The summed E-state index contributed by atoms with van der Waals surface area (Å²) in [5.74, 6) is -1.21. The van der Waals surface area contributed by atoms with E-state index in [9.17, 15) is 9.90 Å². The number of carboxylic acid groups (broad SMARTS) is 1. The van der Waals surface area contributed by atoms with Crippen LogP contribution in [-0.2, 0) is 4.79 Å². The number of halogens is 2. The topological polar surface area (TPSA) is 37.3 Å². The van der Waals surface area contributed by atoms with Gasteiger partial charge in [0.25, 0.3) is 0 Å². The molecule has 4 heteroatoms. The van der Waals surface area contributed by atoms with Crippen LogP contribution < -0.4 is 0 Å². The maximum atomic E-state index is 11.2. The van der Waals surface area contributed by atoms with Crippen LogP contribution in [0.5, 0.6) is 0 Å². The standard InChI is InChI=1S/C13H16BrClO2/c1-8(2)12(13(16)17)10-5-3-4-9(6-10)11(15)7-14/h3-6,8,11-12H,7H2,1-2H3,(H,16,17). The molecule has 2 unspecified atom stereocenters. The highest BCUT2D eigenvalue weighted by Crippen LogP contribution is 2.29. The van der Waals surface area contributed by atoms with Gasteiger partial charge in [0.1, 0.15) is 0 Å². The molecule has 2 nitrogen and oxygen atoms in total. The number of hydrogen-bond acceptors (Lipinski definition) is 1. The molecule has 0 heterocycles. The van der Waals surface area contributed by atoms with Crippen LogP contribution in [0.2, 0.25) is 0 Å². The Labute approximate surface area is 115 Å². The van der Waals surface area contributed by atoms with Crippen molar-refractivity contribution in [3.63, 3.8) is 0 Å². The fraction of sp³-hybridized carbons (Fsp3) is 0.462. The van der Waals surface area contributed by atoms with Crippen LogP contribution in [0.25, 0.3) is 0 Å². The molecule has 2 atom stereocenters. The number of benzene rings is 1. The number of alkyl halides is 2. The Morgan fingerprint density at radius 1 is 1.41 bits per heavy atom. The van der Waals surface area contributed by atoms with Crippen LogP contribution in [0.15, 0.2) is 24.3 Å². The molecule has 0 saturated carbocycles. The Morgan fingerprint density at radius 3 is 2.47 bits per heavy atom. The lowest BCUT2D eigenvalue weighted by Crippen LogP contribution is -2.17. The van der Waals surface area contributed by atoms with Gasteiger partial charge in [0.05, 0.1) is 11.3 Å². The van der Waals surface area contributed by atoms with E-state index in [4.69, 9.17) is 11.6 Å². The van der Waals surface area contributed by atoms with Crippen LogP contribution in [0, 0.1) is 5.92 Å². The second-order valence-corrected chi connectivity index (χ2v) is 5.53. The van der Waals surface area contributed by atoms with Gasteiger partial charge >= 0.3 is 5.97 Å². The molecule has 0 saturated heterocycles. The van der Waals surface area contributed by atoms with Crippen molar-refractivity contribution in [3.8, 4) is 0 Å². The summed E-state index contributed by atoms with van der Waals surface area (Å²) in [7, 11) is 0. The van der Waals surface area contributed by atoms with Gasteiger partial charge in [-0.25, -0.2) is 0 Å². The minimum atomic E-state index is -0.790. The van der Waals surface area contributed by atoms with Gasteiger partial charge in [-0.1, -0.05) is 54.0 Å². The van der Waals surface area contributed by atoms with E-state index < -0.39 is 11.9 Å². The van der Waals surface area contributed by atoms with E-state index in [1.807, 2.05) is 38.1 Å². The van der Waals surface area contributed by atoms with Crippen LogP contribution in [0.4, 0.5) is 0 Å². The lowest BCUT2D eigenvalue weighted by molar-refractivity contribution is -0.139. The van der Waals surface area contributed by atoms with Crippen molar-refractivity contribution in [1.29, 1.82) is 0 Å². The summed E-state index contributed by atoms with van der Waals surface area (Å²) in [5.41, 5.74) is 1.77. The Bertz CT molecular complexity index is 393. The zero-order valence-corrected chi connectivity index (χ0v) is 12.2. The molecular formula is C13H16BrClO2. The molecule has 1 aromatic rings. The van der Waals surface area contributed by atoms with Gasteiger partial charge < -0.3 is 5.11 Å². The second kappa shape index (κ2) is 6.41. The molecule has 17 heavy (non-hydrogen) atoms. The summed E-state index contributed by atoms with van der Waals surface area (Å²) in [5, 5.41) is 9.76. The molecule has 1 N–H and O–H groups in total. The van der Waals surface area contributed by atoms with Crippen molar-refractivity contribution in [2.45, 2.75) is 25.1 Å². The first kappa shape index (κ1) is 14.5. The second-order valence-electron chi connectivity index (χ2n) is 4.35. The zero-order valence-electron chi connectivity index (χ0n) is 9.86. The minimum absolute atomic E-state index is 0.0560. The third-order valence-corrected chi connectivity index (χ3v) is 4.13. The summed E-state index contributed by atoms with van der Waals surface area (Å²) >= 11 is 9.45. The fourth-order valence-electron chi connectivity index (χ4n) is 1.85. The predicted octanol–water partition coefficient (Wildman–Crippen LogP) is 4.19. The van der Waals surface area contributed by atoms with Gasteiger partial charge in [-0.2, -0.15) is 0 Å². The maximum absolute atomic E-state index is 11.2. The van der Waals surface area contributed by atoms with E-state index in [0.717, 1.165) is 11.1 Å². The lowest BCUT2D eigenvalue weighted by atomic mass is 9.87. The molecule has 0 radical (unpaired) electrons. The smallest absolute Gasteiger partial charge is 0.311 e. The molecule has 0 aliphatic carbocycles. The summed E-state index contributed by atoms with van der Waals surface area (Å²) in [4.78, 5) is 11.2. The minimum Gasteiger partial charge on any atom is -0.481 e. The van der Waals surface area contributed by atoms with E-state index in [0.29, 0.717) is 5.33 Å². The SMILES string of the molecule is CC(C)C(C(=O)O)c1cccc(C(Cl)CBr)c1. The molecule has 0 aromatic heterocycles. The van der Waals surface area contributed by atoms with Crippen molar-refractivity contribution >= 4 is 33.5 Å². The fourth-order valence-corrected chi connectivity index (χ4v) is 2.36. The normalized spacial score (nSPS) is 14.6. The molecule has 0 aliphatic heterocycles. The predicted molar refractivity (Wildman–Crippen MR) is 74.0 cm³/mol. The summed E-state index contributed by atoms with van der Waals surface area (Å²) in [6.07, 6.45) is 0. The van der Waals surface area contributed by atoms with E-state index in [2.05, 4.69) is 15.9 Å². The molecule has 0 amide bonds. The number of carboxylic acids is 1. The zero-order chi connectivity index (χ0) is 13.0. The molecular weight excluding hydrogens is 303 g/mol. The number of rotatable bonds is 5. The molecule has 0 fully saturated rings. The summed E-state index contributed by atoms with van der Waals surface area (Å²) in [6.45, 7) is 3.82. The van der Waals surface area contributed by atoms with Crippen molar-refractivity contribution in [1.82, 2.24) is 0 Å². The van der Waals surface area contributed by atoms with Gasteiger partial charge in [0.15, 0.2) is 0 Å². The monoisotopic (exact) mass is 318 g/mol. The highest BCUT2D eigenvalue weighted by Gasteiger charge is 2.24. The molecule has 94 valence electrons. The number of hydrogen-bond donors (Lipinski definition) is 1. The van der Waals surface area contributed by atoms with E-state index >= 15 is 0 Å². The summed E-state index contributed by atoms with van der Waals surface area (Å²) in [6, 6.07) is 7.51. The molecule has 1 aromatic carbocycles. The first-order valence-corrected chi connectivity index (χ1v) is 7.05. The summed E-state index contributed by atoms with van der Waals surface area (Å²) < 4.78 is 0. The van der Waals surface area contributed by atoms with Gasteiger partial charge in [0, 0.05) is 5.33 Å². The van der Waals surface area contributed by atoms with Gasteiger partial charge in [0.2, 0.25) is 0 Å². The van der Waals surface area contributed by atoms with Crippen molar-refractivity contribution in [2.24, 2.45) is 5.92 Å². The Kier molecular flexibility index (Phi) is 5.47. The Morgan fingerprint density at radius 2 is 2.00 bits per heavy atom. The third kappa shape index (κ3) is 3.71. The molecule has 0 aliphatic rings. The molecule has 1 rings (SSSR count). The van der Waals surface area contributed by atoms with Crippen molar-refractivity contribution in [2.75, 3.05) is 5.33 Å². The maximum Gasteiger partial charge on any atom is 0.311 e. The largest absolute Gasteiger partial charge is 0.481 e. The first-order chi connectivity index (χ1) is 7.97. The highest BCUT2D eigenvalue weighted by molar-refractivity contribution is 9.09. The highest BCUT2D eigenvalue weighted by atomic mass is 79.9. The van der Waals surface area contributed by atoms with Crippen molar-refractivity contribution < 1.29 is 9.90 Å². The van der Waals surface area contributed by atoms with E-state index in [1.54, 1.807) is 0 Å². The van der Waals surface area contributed by atoms with Crippen molar-refractivity contribution in [3.05, 3.63) is 35.4 Å². The van der Waals surface area contributed by atoms with Crippen LogP contribution in [0.3, 0.4) is 0 Å². The number of aliphatic carboxylic acids is 1. The average Bonchev–Trinajstić information content (AvgIpc) is 2.27. The third-order valence-electron chi connectivity index (χ3n) is 2.70. The number of carbonyl (C=O) groups is 1. The van der Waals surface area contributed by atoms with Crippen LogP contribution >= 0.6 is 27.5 Å². The molecule has 0 bridgehead atoms. The molecule has 0 spiro atoms.